The van der Waals surface area contributed by atoms with E-state index < -0.39 is 25.3 Å². The molecule has 0 saturated carbocycles. The number of hydrogen-bond acceptors (Lipinski definition) is 13. The first-order valence-electron chi connectivity index (χ1n) is 14.2. The van der Waals surface area contributed by atoms with Crippen LogP contribution in [0, 0.1) is 17.0 Å². The number of nitrogens with one attached hydrogen (secondary N) is 1. The molecule has 0 saturated heterocycles. The summed E-state index contributed by atoms with van der Waals surface area (Å²) in [6.45, 7) is 12.5. The number of non-ortho nitro benzene ring substituents is 1. The highest BCUT2D eigenvalue weighted by Crippen LogP contribution is 2.44. The van der Waals surface area contributed by atoms with Crippen LogP contribution in [0.2, 0.25) is 18.1 Å². The van der Waals surface area contributed by atoms with E-state index in [1.165, 1.54) is 30.6 Å². The molecule has 0 aliphatic heterocycles. The maximum atomic E-state index is 13.1. The molecule has 246 valence electrons. The third-order valence-corrected chi connectivity index (χ3v) is 14.6. The van der Waals surface area contributed by atoms with E-state index in [1.54, 1.807) is 37.9 Å². The third kappa shape index (κ3) is 8.08. The lowest BCUT2D eigenvalue weighted by Crippen LogP contribution is -2.44. The summed E-state index contributed by atoms with van der Waals surface area (Å²) in [5.74, 6) is 2.28. The largest absolute Gasteiger partial charge is 0.543 e. The number of aromatic nitrogens is 3. The summed E-state index contributed by atoms with van der Waals surface area (Å²) in [4.78, 5) is 32.9. The molecule has 1 N–H and O–H groups in total. The Morgan fingerprint density at radius 2 is 1.89 bits per heavy atom. The number of esters is 1. The number of halogens is 1. The van der Waals surface area contributed by atoms with Crippen LogP contribution in [0.3, 0.4) is 0 Å². The first-order chi connectivity index (χ1) is 21.6. The SMILES string of the molecule is COC(=O)c1c(Br)c(OC)cc(O[Si](C)(C)C(C)(C)C)c1CSC[C@H](Nc1nc(-c2ccc([N+](=O)[O-])cc2)cs1)c1nc(C)no1. The Morgan fingerprint density at radius 1 is 1.20 bits per heavy atom. The van der Waals surface area contributed by atoms with Crippen LogP contribution in [0.4, 0.5) is 10.8 Å². The van der Waals surface area contributed by atoms with E-state index in [0.29, 0.717) is 61.1 Å². The zero-order valence-electron chi connectivity index (χ0n) is 26.8. The summed E-state index contributed by atoms with van der Waals surface area (Å²) < 4.78 is 23.6. The van der Waals surface area contributed by atoms with Gasteiger partial charge in [-0.15, -0.1) is 11.3 Å². The molecule has 0 aliphatic rings. The van der Waals surface area contributed by atoms with Crippen molar-refractivity contribution in [2.75, 3.05) is 25.3 Å². The number of anilines is 1. The fraction of sp³-hybridized carbons (Fsp3) is 0.400. The van der Waals surface area contributed by atoms with Gasteiger partial charge in [0.15, 0.2) is 11.0 Å². The Balaban J connectivity index is 1.62. The van der Waals surface area contributed by atoms with Crippen LogP contribution >= 0.6 is 39.0 Å². The Morgan fingerprint density at radius 3 is 2.46 bits per heavy atom. The van der Waals surface area contributed by atoms with Gasteiger partial charge in [-0.2, -0.15) is 16.7 Å². The van der Waals surface area contributed by atoms with Gasteiger partial charge in [0.1, 0.15) is 17.5 Å². The normalized spacial score (nSPS) is 12.5. The number of thiazole rings is 1. The van der Waals surface area contributed by atoms with Crippen molar-refractivity contribution in [3.05, 3.63) is 73.1 Å². The van der Waals surface area contributed by atoms with E-state index in [2.05, 4.69) is 65.3 Å². The Kier molecular flexibility index (Phi) is 11.2. The van der Waals surface area contributed by atoms with Gasteiger partial charge in [-0.3, -0.25) is 10.1 Å². The zero-order chi connectivity index (χ0) is 33.8. The van der Waals surface area contributed by atoms with Crippen LogP contribution in [0.15, 0.2) is 44.7 Å². The lowest BCUT2D eigenvalue weighted by atomic mass is 10.1. The first-order valence-corrected chi connectivity index (χ1v) is 19.9. The number of carbonyl (C=O) groups is 1. The maximum Gasteiger partial charge on any atom is 0.339 e. The van der Waals surface area contributed by atoms with Gasteiger partial charge >= 0.3 is 5.97 Å². The Bertz CT molecular complexity index is 1710. The first kappa shape index (κ1) is 35.4. The highest BCUT2D eigenvalue weighted by atomic mass is 79.9. The van der Waals surface area contributed by atoms with Gasteiger partial charge < -0.3 is 23.7 Å². The van der Waals surface area contributed by atoms with Gasteiger partial charge in [-0.1, -0.05) is 25.9 Å². The quantitative estimate of drug-likeness (QED) is 0.0604. The van der Waals surface area contributed by atoms with Crippen LogP contribution in [0.25, 0.3) is 11.3 Å². The summed E-state index contributed by atoms with van der Waals surface area (Å²) in [5, 5.41) is 20.8. The van der Waals surface area contributed by atoms with Crippen LogP contribution in [-0.2, 0) is 10.5 Å². The molecule has 46 heavy (non-hydrogen) atoms. The average Bonchev–Trinajstić information content (AvgIpc) is 3.65. The Hall–Kier alpha value is -3.47. The molecule has 0 bridgehead atoms. The number of ether oxygens (including phenoxy) is 2. The number of nitro groups is 1. The molecule has 0 unspecified atom stereocenters. The predicted octanol–water partition coefficient (Wildman–Crippen LogP) is 8.44. The average molecular weight is 751 g/mol. The van der Waals surface area contributed by atoms with Gasteiger partial charge in [0, 0.05) is 46.2 Å². The standard InChI is InChI=1S/C30H36BrN5O7S2Si/c1-17-32-27(42-35-17)22(34-29-33-21(16-45-29)18-9-11-19(12-10-18)36(38)39)15-44-14-20-23(43-46(7,8)30(2,3)4)13-24(40-5)26(31)25(20)28(37)41-6/h9-13,16,22H,14-15H2,1-8H3,(H,33,34)/t22-/m0/s1. The van der Waals surface area contributed by atoms with Crippen molar-refractivity contribution in [1.82, 2.24) is 15.1 Å². The summed E-state index contributed by atoms with van der Waals surface area (Å²) in [6.07, 6.45) is 0. The minimum absolute atomic E-state index is 0.0123. The van der Waals surface area contributed by atoms with Crippen molar-refractivity contribution in [2.24, 2.45) is 0 Å². The van der Waals surface area contributed by atoms with E-state index in [-0.39, 0.29) is 10.7 Å². The summed E-state index contributed by atoms with van der Waals surface area (Å²) in [7, 11) is 0.573. The molecule has 0 aliphatic carbocycles. The molecule has 4 rings (SSSR count). The van der Waals surface area contributed by atoms with Gasteiger partial charge in [-0.25, -0.2) is 9.78 Å². The van der Waals surface area contributed by atoms with E-state index in [9.17, 15) is 14.9 Å². The molecule has 2 aromatic carbocycles. The second-order valence-corrected chi connectivity index (χ2v) is 19.2. The molecule has 1 atom stereocenters. The molecule has 12 nitrogen and oxygen atoms in total. The van der Waals surface area contributed by atoms with E-state index in [4.69, 9.17) is 23.4 Å². The predicted molar refractivity (Wildman–Crippen MR) is 186 cm³/mol. The van der Waals surface area contributed by atoms with E-state index in [0.717, 1.165) is 5.56 Å². The molecule has 0 fully saturated rings. The van der Waals surface area contributed by atoms with E-state index in [1.807, 2.05) is 11.4 Å². The molecule has 2 heterocycles. The molecule has 2 aromatic heterocycles. The fourth-order valence-corrected chi connectivity index (χ4v) is 7.62. The summed E-state index contributed by atoms with van der Waals surface area (Å²) >= 11 is 6.49. The van der Waals surface area contributed by atoms with Crippen LogP contribution in [0.1, 0.15) is 54.4 Å². The highest BCUT2D eigenvalue weighted by molar-refractivity contribution is 9.10. The number of carbonyl (C=O) groups excluding carboxylic acids is 1. The van der Waals surface area contributed by atoms with Crippen molar-refractivity contribution in [3.63, 3.8) is 0 Å². The number of hydrogen-bond donors (Lipinski definition) is 1. The topological polar surface area (TPSA) is 152 Å². The van der Waals surface area contributed by atoms with Gasteiger partial charge in [-0.05, 0) is 53.1 Å². The molecule has 0 amide bonds. The number of rotatable bonds is 13. The van der Waals surface area contributed by atoms with Gasteiger partial charge in [0.25, 0.3) is 5.69 Å². The monoisotopic (exact) mass is 749 g/mol. The highest BCUT2D eigenvalue weighted by Gasteiger charge is 2.40. The lowest BCUT2D eigenvalue weighted by molar-refractivity contribution is -0.384. The maximum absolute atomic E-state index is 13.1. The second-order valence-electron chi connectivity index (χ2n) is 11.8. The van der Waals surface area contributed by atoms with Gasteiger partial charge in [0.2, 0.25) is 14.2 Å². The van der Waals surface area contributed by atoms with E-state index >= 15 is 0 Å². The molecular weight excluding hydrogens is 714 g/mol. The molecule has 0 radical (unpaired) electrons. The van der Waals surface area contributed by atoms with Crippen LogP contribution < -0.4 is 14.5 Å². The minimum atomic E-state index is -2.31. The second kappa shape index (κ2) is 14.5. The smallest absolute Gasteiger partial charge is 0.339 e. The molecule has 16 heteroatoms. The van der Waals surface area contributed by atoms with Crippen molar-refractivity contribution in [2.45, 2.75) is 57.6 Å². The Labute approximate surface area is 285 Å². The van der Waals surface area contributed by atoms with Gasteiger partial charge in [0.05, 0.1) is 34.9 Å². The summed E-state index contributed by atoms with van der Waals surface area (Å²) in [5.41, 5.74) is 2.47. The fourth-order valence-electron chi connectivity index (χ4n) is 4.06. The molecular formula is C30H36BrN5O7S2Si. The number of methoxy groups -OCH3 is 2. The number of aryl methyl sites for hydroxylation is 1. The summed E-state index contributed by atoms with van der Waals surface area (Å²) in [6, 6.07) is 7.63. The van der Waals surface area contributed by atoms with Crippen molar-refractivity contribution >= 4 is 64.1 Å². The van der Waals surface area contributed by atoms with Crippen molar-refractivity contribution in [3.8, 4) is 22.8 Å². The number of benzene rings is 2. The van der Waals surface area contributed by atoms with Crippen LogP contribution in [0.5, 0.6) is 11.5 Å². The van der Waals surface area contributed by atoms with Crippen LogP contribution in [-0.4, -0.2) is 54.3 Å². The molecule has 0 spiro atoms. The minimum Gasteiger partial charge on any atom is -0.543 e. The zero-order valence-corrected chi connectivity index (χ0v) is 31.0. The van der Waals surface area contributed by atoms with Crippen molar-refractivity contribution in [1.29, 1.82) is 0 Å². The molecule has 4 aromatic rings. The number of thioether (sulfide) groups is 1. The number of nitrogens with zero attached hydrogens (tertiary/aromatic N) is 4. The lowest BCUT2D eigenvalue weighted by Gasteiger charge is -2.37. The number of nitro benzene ring substituents is 1. The third-order valence-electron chi connectivity index (χ3n) is 7.63. The van der Waals surface area contributed by atoms with Crippen molar-refractivity contribution < 1.29 is 28.1 Å².